The molecule has 6 nitrogen and oxygen atoms in total. The van der Waals surface area contributed by atoms with Gasteiger partial charge in [0.25, 0.3) is 5.56 Å². The number of ether oxygens (including phenoxy) is 1. The Morgan fingerprint density at radius 2 is 2.08 bits per heavy atom. The average molecular weight is 365 g/mol. The fraction of sp³-hybridized carbons (Fsp3) is 0.737. The van der Waals surface area contributed by atoms with Crippen LogP contribution in [0.2, 0.25) is 0 Å². The van der Waals surface area contributed by atoms with E-state index in [9.17, 15) is 14.0 Å². The van der Waals surface area contributed by atoms with E-state index in [0.29, 0.717) is 31.8 Å². The summed E-state index contributed by atoms with van der Waals surface area (Å²) >= 11 is 0. The van der Waals surface area contributed by atoms with Gasteiger partial charge in [0.1, 0.15) is 6.17 Å². The van der Waals surface area contributed by atoms with Crippen molar-refractivity contribution in [2.75, 3.05) is 26.7 Å². The van der Waals surface area contributed by atoms with Crippen LogP contribution in [0.3, 0.4) is 0 Å². The molecule has 1 unspecified atom stereocenters. The SMILES string of the molecule is COC(=O)C(CC(C)C)n1nc(CCN2CC(F)C2)c(C2CC2)cc1=O. The number of alkyl halides is 1. The second kappa shape index (κ2) is 7.86. The Balaban J connectivity index is 1.87. The van der Waals surface area contributed by atoms with E-state index in [1.165, 1.54) is 11.8 Å². The van der Waals surface area contributed by atoms with Crippen LogP contribution in [0, 0.1) is 5.92 Å². The van der Waals surface area contributed by atoms with Gasteiger partial charge in [-0.15, -0.1) is 0 Å². The Bertz CT molecular complexity index is 708. The molecule has 1 aromatic heterocycles. The van der Waals surface area contributed by atoms with Gasteiger partial charge < -0.3 is 4.74 Å². The zero-order valence-corrected chi connectivity index (χ0v) is 15.8. The number of nitrogens with zero attached hydrogens (tertiary/aromatic N) is 3. The molecule has 1 saturated heterocycles. The second-order valence-electron chi connectivity index (χ2n) is 7.88. The van der Waals surface area contributed by atoms with E-state index in [4.69, 9.17) is 4.74 Å². The average Bonchev–Trinajstić information content (AvgIpc) is 3.40. The third-order valence-electron chi connectivity index (χ3n) is 5.12. The van der Waals surface area contributed by atoms with Gasteiger partial charge in [0.15, 0.2) is 6.04 Å². The standard InChI is InChI=1S/C19H28FN3O3/c1-12(2)8-17(19(25)26-3)23-18(24)9-15(13-4-5-13)16(21-23)6-7-22-10-14(20)11-22/h9,12-14,17H,4-8,10-11H2,1-3H3. The quantitative estimate of drug-likeness (QED) is 0.660. The number of methoxy groups -OCH3 is 1. The van der Waals surface area contributed by atoms with Gasteiger partial charge in [-0.05, 0) is 36.7 Å². The maximum atomic E-state index is 13.0. The van der Waals surface area contributed by atoms with Gasteiger partial charge in [-0.2, -0.15) is 5.10 Å². The molecule has 0 N–H and O–H groups in total. The van der Waals surface area contributed by atoms with E-state index >= 15 is 0 Å². The molecule has 1 aliphatic carbocycles. The molecule has 0 radical (unpaired) electrons. The van der Waals surface area contributed by atoms with Crippen LogP contribution in [-0.4, -0.2) is 53.6 Å². The maximum absolute atomic E-state index is 13.0. The number of hydrogen-bond donors (Lipinski definition) is 0. The van der Waals surface area contributed by atoms with E-state index in [2.05, 4.69) is 5.10 Å². The predicted octanol–water partition coefficient (Wildman–Crippen LogP) is 2.08. The lowest BCUT2D eigenvalue weighted by Gasteiger charge is -2.34. The largest absolute Gasteiger partial charge is 0.467 e. The summed E-state index contributed by atoms with van der Waals surface area (Å²) in [4.78, 5) is 26.9. The summed E-state index contributed by atoms with van der Waals surface area (Å²) in [5, 5.41) is 4.59. The zero-order chi connectivity index (χ0) is 18.8. The molecule has 0 amide bonds. The van der Waals surface area contributed by atoms with Crippen molar-refractivity contribution in [2.24, 2.45) is 5.92 Å². The number of aromatic nitrogens is 2. The lowest BCUT2D eigenvalue weighted by molar-refractivity contribution is -0.145. The molecule has 2 fully saturated rings. The van der Waals surface area contributed by atoms with Crippen LogP contribution in [0.15, 0.2) is 10.9 Å². The fourth-order valence-electron chi connectivity index (χ4n) is 3.52. The van der Waals surface area contributed by atoms with E-state index in [1.807, 2.05) is 18.7 Å². The number of halogens is 1. The third-order valence-corrected chi connectivity index (χ3v) is 5.12. The topological polar surface area (TPSA) is 64.4 Å². The normalized spacial score (nSPS) is 19.4. The molecule has 2 aliphatic rings. The lowest BCUT2D eigenvalue weighted by atomic mass is 10.0. The Hall–Kier alpha value is -1.76. The molecule has 0 bridgehead atoms. The molecule has 1 atom stereocenters. The molecule has 3 rings (SSSR count). The van der Waals surface area contributed by atoms with Crippen LogP contribution in [0.25, 0.3) is 0 Å². The number of carbonyl (C=O) groups excluding carboxylic acids is 1. The van der Waals surface area contributed by atoms with Gasteiger partial charge >= 0.3 is 5.97 Å². The molecule has 1 aliphatic heterocycles. The molecule has 144 valence electrons. The predicted molar refractivity (Wildman–Crippen MR) is 96.0 cm³/mol. The summed E-state index contributed by atoms with van der Waals surface area (Å²) < 4.78 is 19.2. The summed E-state index contributed by atoms with van der Waals surface area (Å²) in [6, 6.07) is 0.934. The number of esters is 1. The monoisotopic (exact) mass is 365 g/mol. The molecule has 1 saturated carbocycles. The Morgan fingerprint density at radius 1 is 1.38 bits per heavy atom. The van der Waals surface area contributed by atoms with E-state index in [1.54, 1.807) is 6.07 Å². The lowest BCUT2D eigenvalue weighted by Crippen LogP contribution is -2.49. The third kappa shape index (κ3) is 4.31. The smallest absolute Gasteiger partial charge is 0.330 e. The van der Waals surface area contributed by atoms with Gasteiger partial charge in [-0.3, -0.25) is 9.69 Å². The van der Waals surface area contributed by atoms with Crippen LogP contribution in [0.1, 0.15) is 56.3 Å². The zero-order valence-electron chi connectivity index (χ0n) is 15.8. The van der Waals surface area contributed by atoms with Crippen LogP contribution in [0.4, 0.5) is 4.39 Å². The summed E-state index contributed by atoms with van der Waals surface area (Å²) in [6.45, 7) is 5.65. The van der Waals surface area contributed by atoms with Gasteiger partial charge in [-0.25, -0.2) is 13.9 Å². The van der Waals surface area contributed by atoms with Crippen molar-refractivity contribution in [1.29, 1.82) is 0 Å². The van der Waals surface area contributed by atoms with E-state index in [0.717, 1.165) is 30.6 Å². The second-order valence-corrected chi connectivity index (χ2v) is 7.88. The molecular weight excluding hydrogens is 337 g/mol. The van der Waals surface area contributed by atoms with Gasteiger partial charge in [0.05, 0.1) is 12.8 Å². The fourth-order valence-corrected chi connectivity index (χ4v) is 3.52. The highest BCUT2D eigenvalue weighted by Gasteiger charge is 2.32. The minimum Gasteiger partial charge on any atom is -0.467 e. The van der Waals surface area contributed by atoms with Crippen molar-refractivity contribution >= 4 is 5.97 Å². The molecule has 1 aromatic rings. The Morgan fingerprint density at radius 3 is 2.62 bits per heavy atom. The minimum absolute atomic E-state index is 0.224. The van der Waals surface area contributed by atoms with E-state index in [-0.39, 0.29) is 11.5 Å². The first-order valence-corrected chi connectivity index (χ1v) is 9.46. The molecular formula is C19H28FN3O3. The van der Waals surface area contributed by atoms with Crippen LogP contribution < -0.4 is 5.56 Å². The Labute approximate surface area is 153 Å². The van der Waals surface area contributed by atoms with Crippen LogP contribution in [0.5, 0.6) is 0 Å². The van der Waals surface area contributed by atoms with E-state index < -0.39 is 18.2 Å². The number of rotatable bonds is 8. The first kappa shape index (κ1) is 19.0. The van der Waals surface area contributed by atoms with Crippen molar-refractivity contribution in [2.45, 2.75) is 57.7 Å². The summed E-state index contributed by atoms with van der Waals surface area (Å²) in [5.41, 5.74) is 1.60. The number of carbonyl (C=O) groups is 1. The van der Waals surface area contributed by atoms with Crippen molar-refractivity contribution in [1.82, 2.24) is 14.7 Å². The van der Waals surface area contributed by atoms with Crippen LogP contribution >= 0.6 is 0 Å². The summed E-state index contributed by atoms with van der Waals surface area (Å²) in [6.07, 6.45) is 2.57. The van der Waals surface area contributed by atoms with Gasteiger partial charge in [-0.1, -0.05) is 13.8 Å². The summed E-state index contributed by atoms with van der Waals surface area (Å²) in [5.74, 6) is 0.176. The Kier molecular flexibility index (Phi) is 5.75. The first-order valence-electron chi connectivity index (χ1n) is 9.46. The minimum atomic E-state index is -0.727. The molecule has 0 aromatic carbocycles. The first-order chi connectivity index (χ1) is 12.4. The van der Waals surface area contributed by atoms with Gasteiger partial charge in [0.2, 0.25) is 0 Å². The molecule has 0 spiro atoms. The van der Waals surface area contributed by atoms with Crippen molar-refractivity contribution < 1.29 is 13.9 Å². The molecule has 7 heteroatoms. The highest BCUT2D eigenvalue weighted by atomic mass is 19.1. The summed E-state index contributed by atoms with van der Waals surface area (Å²) in [7, 11) is 1.33. The van der Waals surface area contributed by atoms with Crippen LogP contribution in [-0.2, 0) is 16.0 Å². The molecule has 26 heavy (non-hydrogen) atoms. The number of hydrogen-bond acceptors (Lipinski definition) is 5. The number of likely N-dealkylation sites (tertiary alicyclic amines) is 1. The maximum Gasteiger partial charge on any atom is 0.330 e. The van der Waals surface area contributed by atoms with Crippen molar-refractivity contribution in [3.05, 3.63) is 27.7 Å². The van der Waals surface area contributed by atoms with Crippen molar-refractivity contribution in [3.63, 3.8) is 0 Å². The van der Waals surface area contributed by atoms with Crippen molar-refractivity contribution in [3.8, 4) is 0 Å². The van der Waals surface area contributed by atoms with Gasteiger partial charge in [0, 0.05) is 32.1 Å². The molecule has 2 heterocycles. The highest BCUT2D eigenvalue weighted by Crippen LogP contribution is 2.41. The highest BCUT2D eigenvalue weighted by molar-refractivity contribution is 5.73.